The second kappa shape index (κ2) is 5.59. The molecule has 0 unspecified atom stereocenters. The summed E-state index contributed by atoms with van der Waals surface area (Å²) >= 11 is 7.65. The van der Waals surface area contributed by atoms with Crippen molar-refractivity contribution >= 4 is 23.4 Å². The monoisotopic (exact) mass is 296 g/mol. The van der Waals surface area contributed by atoms with Crippen LogP contribution in [-0.4, -0.2) is 20.0 Å². The fraction of sp³-hybridized carbons (Fsp3) is 0.250. The quantitative estimate of drug-likeness (QED) is 0.814. The van der Waals surface area contributed by atoms with E-state index >= 15 is 0 Å². The smallest absolute Gasteiger partial charge is 0.151 e. The van der Waals surface area contributed by atoms with Crippen LogP contribution < -0.4 is 0 Å². The van der Waals surface area contributed by atoms with Crippen LogP contribution in [0, 0.1) is 17.1 Å². The van der Waals surface area contributed by atoms with Crippen LogP contribution in [0.1, 0.15) is 19.4 Å². The van der Waals surface area contributed by atoms with Gasteiger partial charge in [0.2, 0.25) is 0 Å². The van der Waals surface area contributed by atoms with Crippen LogP contribution in [-0.2, 0) is 0 Å². The summed E-state index contributed by atoms with van der Waals surface area (Å²) in [5.74, 6) is -0.597. The molecular weight excluding hydrogens is 287 g/mol. The molecule has 4 nitrogen and oxygen atoms in total. The first-order valence-corrected chi connectivity index (χ1v) is 6.74. The Balaban J connectivity index is 2.67. The number of nitriles is 1. The number of benzene rings is 1. The van der Waals surface area contributed by atoms with Crippen molar-refractivity contribution in [1.82, 2.24) is 14.8 Å². The Morgan fingerprint density at radius 3 is 2.79 bits per heavy atom. The predicted molar refractivity (Wildman–Crippen MR) is 72.0 cm³/mol. The van der Waals surface area contributed by atoms with E-state index in [-0.39, 0.29) is 21.5 Å². The number of aromatic nitrogens is 3. The Labute approximate surface area is 119 Å². The Bertz CT molecular complexity index is 634. The molecule has 2 aromatic rings. The third kappa shape index (κ3) is 2.72. The van der Waals surface area contributed by atoms with Gasteiger partial charge in [0.1, 0.15) is 24.4 Å². The normalized spacial score (nSPS) is 10.7. The average molecular weight is 297 g/mol. The number of hydrogen-bond acceptors (Lipinski definition) is 4. The van der Waals surface area contributed by atoms with E-state index in [0.29, 0.717) is 4.90 Å². The van der Waals surface area contributed by atoms with Crippen LogP contribution in [0.3, 0.4) is 0 Å². The van der Waals surface area contributed by atoms with Gasteiger partial charge in [0.15, 0.2) is 5.82 Å². The number of thioether (sulfide) groups is 1. The highest BCUT2D eigenvalue weighted by molar-refractivity contribution is 8.00. The molecule has 0 fully saturated rings. The molecule has 1 heterocycles. The molecule has 7 heteroatoms. The van der Waals surface area contributed by atoms with E-state index in [4.69, 9.17) is 16.9 Å². The number of nitrogens with zero attached hydrogens (tertiary/aromatic N) is 4. The molecule has 0 saturated carbocycles. The Morgan fingerprint density at radius 2 is 2.26 bits per heavy atom. The molecule has 2 rings (SSSR count). The standard InChI is InChI=1S/C12H10ClFN4S/c1-7(2)19-12-8(4-15)3-9(14)11(10(12)13)18-6-16-5-17-18/h3,5-7H,1-2H3. The summed E-state index contributed by atoms with van der Waals surface area (Å²) in [6.07, 6.45) is 2.66. The Morgan fingerprint density at radius 1 is 1.53 bits per heavy atom. The van der Waals surface area contributed by atoms with Crippen LogP contribution >= 0.6 is 23.4 Å². The van der Waals surface area contributed by atoms with Gasteiger partial charge in [0, 0.05) is 10.1 Å². The largest absolute Gasteiger partial charge is 0.223 e. The van der Waals surface area contributed by atoms with Gasteiger partial charge in [-0.05, 0) is 6.07 Å². The predicted octanol–water partition coefficient (Wildman–Crippen LogP) is 3.43. The second-order valence-electron chi connectivity index (χ2n) is 4.02. The number of rotatable bonds is 3. The van der Waals surface area contributed by atoms with Gasteiger partial charge in [0.05, 0.1) is 10.6 Å². The molecule has 0 aliphatic rings. The average Bonchev–Trinajstić information content (AvgIpc) is 2.85. The molecule has 1 aromatic carbocycles. The van der Waals surface area contributed by atoms with Crippen molar-refractivity contribution < 1.29 is 4.39 Å². The molecule has 98 valence electrons. The summed E-state index contributed by atoms with van der Waals surface area (Å²) in [6.45, 7) is 3.95. The fourth-order valence-corrected chi connectivity index (χ4v) is 2.87. The van der Waals surface area contributed by atoms with Crippen LogP contribution in [0.15, 0.2) is 23.6 Å². The van der Waals surface area contributed by atoms with Crippen molar-refractivity contribution in [2.75, 3.05) is 0 Å². The lowest BCUT2D eigenvalue weighted by Crippen LogP contribution is -2.03. The van der Waals surface area contributed by atoms with Gasteiger partial charge in [-0.3, -0.25) is 0 Å². The molecular formula is C12H10ClFN4S. The zero-order valence-electron chi connectivity index (χ0n) is 10.3. The third-order valence-corrected chi connectivity index (χ3v) is 3.88. The lowest BCUT2D eigenvalue weighted by atomic mass is 10.2. The number of hydrogen-bond donors (Lipinski definition) is 0. The molecule has 0 N–H and O–H groups in total. The maximum Gasteiger partial charge on any atom is 0.151 e. The van der Waals surface area contributed by atoms with Crippen molar-refractivity contribution in [3.05, 3.63) is 35.1 Å². The molecule has 19 heavy (non-hydrogen) atoms. The zero-order chi connectivity index (χ0) is 14.0. The highest BCUT2D eigenvalue weighted by Crippen LogP contribution is 2.38. The molecule has 0 aliphatic carbocycles. The molecule has 0 radical (unpaired) electrons. The first kappa shape index (κ1) is 13.8. The van der Waals surface area contributed by atoms with Crippen molar-refractivity contribution in [2.24, 2.45) is 0 Å². The van der Waals surface area contributed by atoms with E-state index in [9.17, 15) is 4.39 Å². The fourth-order valence-electron chi connectivity index (χ4n) is 1.56. The molecule has 0 amide bonds. The van der Waals surface area contributed by atoms with Gasteiger partial charge in [-0.15, -0.1) is 11.8 Å². The minimum Gasteiger partial charge on any atom is -0.223 e. The van der Waals surface area contributed by atoms with E-state index in [0.717, 1.165) is 0 Å². The van der Waals surface area contributed by atoms with Crippen molar-refractivity contribution in [2.45, 2.75) is 24.0 Å². The lowest BCUT2D eigenvalue weighted by molar-refractivity contribution is 0.608. The highest BCUT2D eigenvalue weighted by atomic mass is 35.5. The van der Waals surface area contributed by atoms with Crippen molar-refractivity contribution in [3.63, 3.8) is 0 Å². The van der Waals surface area contributed by atoms with Gasteiger partial charge in [-0.25, -0.2) is 14.1 Å². The van der Waals surface area contributed by atoms with E-state index in [1.807, 2.05) is 19.9 Å². The van der Waals surface area contributed by atoms with Crippen LogP contribution in [0.5, 0.6) is 0 Å². The van der Waals surface area contributed by atoms with Crippen molar-refractivity contribution in [1.29, 1.82) is 5.26 Å². The molecule has 0 aliphatic heterocycles. The lowest BCUT2D eigenvalue weighted by Gasteiger charge is -2.13. The van der Waals surface area contributed by atoms with Crippen LogP contribution in [0.2, 0.25) is 5.02 Å². The highest BCUT2D eigenvalue weighted by Gasteiger charge is 2.20. The summed E-state index contributed by atoms with van der Waals surface area (Å²) < 4.78 is 15.3. The topological polar surface area (TPSA) is 54.5 Å². The molecule has 1 aromatic heterocycles. The molecule has 0 atom stereocenters. The van der Waals surface area contributed by atoms with E-state index in [1.54, 1.807) is 0 Å². The van der Waals surface area contributed by atoms with Crippen molar-refractivity contribution in [3.8, 4) is 11.8 Å². The van der Waals surface area contributed by atoms with Crippen LogP contribution in [0.4, 0.5) is 4.39 Å². The van der Waals surface area contributed by atoms with Gasteiger partial charge in [0.25, 0.3) is 0 Å². The molecule has 0 saturated heterocycles. The first-order chi connectivity index (χ1) is 9.04. The minimum absolute atomic E-state index is 0.112. The summed E-state index contributed by atoms with van der Waals surface area (Å²) in [4.78, 5) is 4.33. The second-order valence-corrected chi connectivity index (χ2v) is 5.98. The summed E-state index contributed by atoms with van der Waals surface area (Å²) in [5, 5.41) is 13.4. The minimum atomic E-state index is -0.597. The summed E-state index contributed by atoms with van der Waals surface area (Å²) in [5.41, 5.74) is 0.339. The van der Waals surface area contributed by atoms with E-state index in [1.165, 1.54) is 35.2 Å². The van der Waals surface area contributed by atoms with Gasteiger partial charge in [-0.2, -0.15) is 10.4 Å². The van der Waals surface area contributed by atoms with Gasteiger partial charge in [-0.1, -0.05) is 25.4 Å². The maximum absolute atomic E-state index is 14.0. The zero-order valence-corrected chi connectivity index (χ0v) is 11.8. The molecule has 0 spiro atoms. The first-order valence-electron chi connectivity index (χ1n) is 5.48. The molecule has 0 bridgehead atoms. The van der Waals surface area contributed by atoms with Gasteiger partial charge >= 0.3 is 0 Å². The Hall–Kier alpha value is -1.58. The number of halogens is 2. The maximum atomic E-state index is 14.0. The van der Waals surface area contributed by atoms with Crippen LogP contribution in [0.25, 0.3) is 5.69 Å². The Kier molecular flexibility index (Phi) is 4.08. The summed E-state index contributed by atoms with van der Waals surface area (Å²) in [7, 11) is 0. The van der Waals surface area contributed by atoms with E-state index in [2.05, 4.69) is 10.1 Å². The van der Waals surface area contributed by atoms with E-state index < -0.39 is 5.82 Å². The summed E-state index contributed by atoms with van der Waals surface area (Å²) in [6, 6.07) is 3.14. The SMILES string of the molecule is CC(C)Sc1c(C#N)cc(F)c(-n2cncn2)c1Cl. The third-order valence-electron chi connectivity index (χ3n) is 2.27. The van der Waals surface area contributed by atoms with Gasteiger partial charge < -0.3 is 0 Å².